The van der Waals surface area contributed by atoms with Gasteiger partial charge in [-0.1, -0.05) is 25.3 Å². The number of nitrogens with zero attached hydrogens (tertiary/aromatic N) is 1. The predicted octanol–water partition coefficient (Wildman–Crippen LogP) is 3.43. The number of hydrogen-bond donors (Lipinski definition) is 1. The summed E-state index contributed by atoms with van der Waals surface area (Å²) in [5.74, 6) is 1.09. The van der Waals surface area contributed by atoms with Crippen molar-refractivity contribution in [2.24, 2.45) is 0 Å². The minimum Gasteiger partial charge on any atom is -0.465 e. The van der Waals surface area contributed by atoms with E-state index in [9.17, 15) is 9.59 Å². The number of aromatic nitrogens is 1. The van der Waals surface area contributed by atoms with Crippen molar-refractivity contribution in [2.45, 2.75) is 44.6 Å². The van der Waals surface area contributed by atoms with Gasteiger partial charge >= 0.3 is 5.97 Å². The summed E-state index contributed by atoms with van der Waals surface area (Å²) in [6, 6.07) is 5.66. The van der Waals surface area contributed by atoms with Crippen molar-refractivity contribution in [3.63, 3.8) is 0 Å². The highest BCUT2D eigenvalue weighted by molar-refractivity contribution is 6.04. The van der Waals surface area contributed by atoms with Gasteiger partial charge in [0.15, 0.2) is 0 Å². The first-order valence-electron chi connectivity index (χ1n) is 8.23. The Hall–Kier alpha value is -2.30. The molecule has 2 aromatic rings. The third kappa shape index (κ3) is 2.22. The van der Waals surface area contributed by atoms with Crippen LogP contribution in [0.15, 0.2) is 18.2 Å². The van der Waals surface area contributed by atoms with Gasteiger partial charge in [-0.15, -0.1) is 0 Å². The number of benzene rings is 1. The lowest BCUT2D eigenvalue weighted by atomic mass is 9.83. The first kappa shape index (κ1) is 14.3. The van der Waals surface area contributed by atoms with Crippen molar-refractivity contribution in [2.75, 3.05) is 12.4 Å². The molecule has 23 heavy (non-hydrogen) atoms. The normalized spacial score (nSPS) is 18.0. The largest absolute Gasteiger partial charge is 0.465 e. The van der Waals surface area contributed by atoms with Crippen molar-refractivity contribution in [1.29, 1.82) is 0 Å². The molecule has 1 saturated carbocycles. The number of esters is 1. The van der Waals surface area contributed by atoms with Gasteiger partial charge in [0.05, 0.1) is 18.2 Å². The third-order valence-electron chi connectivity index (χ3n) is 5.10. The van der Waals surface area contributed by atoms with E-state index in [0.717, 1.165) is 16.7 Å². The minimum atomic E-state index is -0.348. The van der Waals surface area contributed by atoms with Crippen LogP contribution in [-0.2, 0) is 16.1 Å². The van der Waals surface area contributed by atoms with Crippen molar-refractivity contribution >= 4 is 28.6 Å². The fourth-order valence-electron chi connectivity index (χ4n) is 4.04. The lowest BCUT2D eigenvalue weighted by Crippen LogP contribution is -2.10. The van der Waals surface area contributed by atoms with Crippen LogP contribution in [0, 0.1) is 0 Å². The monoisotopic (exact) mass is 312 g/mol. The summed E-state index contributed by atoms with van der Waals surface area (Å²) in [6.45, 7) is 0.323. The Labute approximate surface area is 134 Å². The summed E-state index contributed by atoms with van der Waals surface area (Å²) >= 11 is 0. The lowest BCUT2D eigenvalue weighted by Gasteiger charge is -2.22. The Balaban J connectivity index is 1.90. The second-order valence-electron chi connectivity index (χ2n) is 6.46. The van der Waals surface area contributed by atoms with E-state index in [1.165, 1.54) is 44.8 Å². The number of carbonyl (C=O) groups is 2. The second kappa shape index (κ2) is 5.41. The minimum absolute atomic E-state index is 0.0161. The van der Waals surface area contributed by atoms with E-state index < -0.39 is 0 Å². The number of methoxy groups -OCH3 is 1. The molecule has 1 N–H and O–H groups in total. The van der Waals surface area contributed by atoms with Gasteiger partial charge in [-0.3, -0.25) is 4.79 Å². The molecule has 2 heterocycles. The number of carbonyl (C=O) groups excluding carboxylic acids is 2. The van der Waals surface area contributed by atoms with E-state index in [4.69, 9.17) is 4.74 Å². The molecule has 5 heteroatoms. The average Bonchev–Trinajstić information content (AvgIpc) is 3.09. The quantitative estimate of drug-likeness (QED) is 0.864. The van der Waals surface area contributed by atoms with Gasteiger partial charge in [0.1, 0.15) is 12.4 Å². The van der Waals surface area contributed by atoms with E-state index in [-0.39, 0.29) is 11.9 Å². The predicted molar refractivity (Wildman–Crippen MR) is 87.7 cm³/mol. The zero-order valence-corrected chi connectivity index (χ0v) is 13.2. The molecule has 1 fully saturated rings. The van der Waals surface area contributed by atoms with E-state index in [1.807, 2.05) is 22.8 Å². The topological polar surface area (TPSA) is 60.3 Å². The van der Waals surface area contributed by atoms with Gasteiger partial charge in [0.25, 0.3) is 0 Å². The molecule has 0 atom stereocenters. The number of anilines is 1. The van der Waals surface area contributed by atoms with E-state index in [1.54, 1.807) is 0 Å². The molecule has 1 amide bonds. The van der Waals surface area contributed by atoms with Crippen LogP contribution < -0.4 is 5.32 Å². The molecule has 1 aliphatic heterocycles. The zero-order valence-electron chi connectivity index (χ0n) is 13.2. The molecule has 0 saturated heterocycles. The third-order valence-corrected chi connectivity index (χ3v) is 5.10. The van der Waals surface area contributed by atoms with Gasteiger partial charge in [0.2, 0.25) is 5.91 Å². The van der Waals surface area contributed by atoms with E-state index >= 15 is 0 Å². The van der Waals surface area contributed by atoms with Crippen molar-refractivity contribution in [1.82, 2.24) is 4.57 Å². The van der Waals surface area contributed by atoms with Crippen LogP contribution in [0.5, 0.6) is 0 Å². The number of ether oxygens (including phenoxy) is 1. The molecule has 0 bridgehead atoms. The summed E-state index contributed by atoms with van der Waals surface area (Å²) in [5, 5.41) is 4.18. The maximum absolute atomic E-state index is 11.9. The van der Waals surface area contributed by atoms with Crippen molar-refractivity contribution < 1.29 is 14.3 Å². The summed E-state index contributed by atoms with van der Waals surface area (Å²) < 4.78 is 6.83. The molecule has 0 unspecified atom stereocenters. The van der Waals surface area contributed by atoms with Crippen LogP contribution in [0.25, 0.3) is 10.9 Å². The van der Waals surface area contributed by atoms with Gasteiger partial charge in [0, 0.05) is 10.9 Å². The molecule has 0 radical (unpaired) electrons. The van der Waals surface area contributed by atoms with Crippen LogP contribution in [0.3, 0.4) is 0 Å². The fraction of sp³-hybridized carbons (Fsp3) is 0.444. The first-order chi connectivity index (χ1) is 11.2. The second-order valence-corrected chi connectivity index (χ2v) is 6.46. The van der Waals surface area contributed by atoms with E-state index in [2.05, 4.69) is 5.32 Å². The van der Waals surface area contributed by atoms with Crippen LogP contribution in [0.4, 0.5) is 5.82 Å². The van der Waals surface area contributed by atoms with Gasteiger partial charge in [-0.05, 0) is 30.9 Å². The van der Waals surface area contributed by atoms with Crippen molar-refractivity contribution in [3.05, 3.63) is 29.3 Å². The molecule has 0 spiro atoms. The summed E-state index contributed by atoms with van der Waals surface area (Å²) in [4.78, 5) is 23.7. The first-order valence-corrected chi connectivity index (χ1v) is 8.23. The fourth-order valence-corrected chi connectivity index (χ4v) is 4.04. The Bertz CT molecular complexity index is 800. The molecule has 5 nitrogen and oxygen atoms in total. The number of amides is 1. The Morgan fingerprint density at radius 2 is 2.04 bits per heavy atom. The van der Waals surface area contributed by atoms with Gasteiger partial charge in [-0.25, -0.2) is 4.79 Å². The highest BCUT2D eigenvalue weighted by Gasteiger charge is 2.30. The maximum atomic E-state index is 11.9. The number of rotatable bonds is 2. The molecular formula is C18H20N2O3. The molecule has 1 aromatic carbocycles. The Morgan fingerprint density at radius 1 is 1.26 bits per heavy atom. The summed E-state index contributed by atoms with van der Waals surface area (Å²) in [6.07, 6.45) is 6.11. The highest BCUT2D eigenvalue weighted by Crippen LogP contribution is 2.44. The Kier molecular flexibility index (Phi) is 3.36. The smallest absolute Gasteiger partial charge is 0.337 e. The van der Waals surface area contributed by atoms with Gasteiger partial charge in [-0.2, -0.15) is 0 Å². The van der Waals surface area contributed by atoms with Crippen LogP contribution in [0.2, 0.25) is 0 Å². The van der Waals surface area contributed by atoms with Crippen LogP contribution in [0.1, 0.15) is 53.9 Å². The number of fused-ring (bicyclic) bond motifs is 3. The van der Waals surface area contributed by atoms with E-state index in [0.29, 0.717) is 18.0 Å². The molecular weight excluding hydrogens is 292 g/mol. The molecule has 4 rings (SSSR count). The lowest BCUT2D eigenvalue weighted by molar-refractivity contribution is -0.115. The molecule has 1 aromatic heterocycles. The van der Waals surface area contributed by atoms with Gasteiger partial charge < -0.3 is 14.6 Å². The van der Waals surface area contributed by atoms with Crippen molar-refractivity contribution in [3.8, 4) is 0 Å². The highest BCUT2D eigenvalue weighted by atomic mass is 16.5. The van der Waals surface area contributed by atoms with Crippen LogP contribution in [-0.4, -0.2) is 23.6 Å². The summed E-state index contributed by atoms with van der Waals surface area (Å²) in [7, 11) is 1.38. The SMILES string of the molecule is COC(=O)c1ccc2c(C3CCCCC3)c3n(c2c1)CC(=O)N3. The number of nitrogens with one attached hydrogen (secondary N) is 1. The molecule has 1 aliphatic carbocycles. The van der Waals surface area contributed by atoms with Crippen LogP contribution >= 0.6 is 0 Å². The molecule has 2 aliphatic rings. The number of hydrogen-bond acceptors (Lipinski definition) is 3. The maximum Gasteiger partial charge on any atom is 0.337 e. The Morgan fingerprint density at radius 3 is 2.78 bits per heavy atom. The zero-order chi connectivity index (χ0) is 16.0. The summed E-state index contributed by atoms with van der Waals surface area (Å²) in [5.41, 5.74) is 2.72. The standard InChI is InChI=1S/C18H20N2O3/c1-23-18(22)12-7-8-13-14(9-12)20-10-15(21)19-17(20)16(13)11-5-3-2-4-6-11/h7-9,11H,2-6,10H2,1H3,(H,19,21). The average molecular weight is 312 g/mol. The molecule has 120 valence electrons.